The third kappa shape index (κ3) is 4.91. The van der Waals surface area contributed by atoms with Crippen LogP contribution in [0.25, 0.3) is 0 Å². The van der Waals surface area contributed by atoms with E-state index < -0.39 is 5.91 Å². The number of anilines is 3. The molecule has 0 aliphatic carbocycles. The summed E-state index contributed by atoms with van der Waals surface area (Å²) in [6, 6.07) is 3.30. The number of nitrogens with zero attached hydrogens (tertiary/aromatic N) is 5. The summed E-state index contributed by atoms with van der Waals surface area (Å²) in [7, 11) is 3.82. The molecular formula is C24H29N7O2. The van der Waals surface area contributed by atoms with Crippen LogP contribution in [0.5, 0.6) is 5.75 Å². The van der Waals surface area contributed by atoms with Gasteiger partial charge in [0, 0.05) is 55.6 Å². The van der Waals surface area contributed by atoms with E-state index in [4.69, 9.17) is 16.9 Å². The molecule has 4 rings (SSSR count). The average molecular weight is 448 g/mol. The Morgan fingerprint density at radius 1 is 1.36 bits per heavy atom. The molecule has 0 bridgehead atoms. The quantitative estimate of drug-likeness (QED) is 0.395. The minimum atomic E-state index is -0.405. The molecule has 9 heteroatoms. The largest absolute Gasteiger partial charge is 0.479 e. The second kappa shape index (κ2) is 9.46. The number of hydrogen-bond acceptors (Lipinski definition) is 8. The van der Waals surface area contributed by atoms with Gasteiger partial charge in [0.15, 0.2) is 0 Å². The standard InChI is InChI=1S/C24H29N7O2/c1-4-8-33-21-10-18(25)17(11-26-2)9-19(21)29-23(32)20-12-28-22(13-27-20)31-15-24(16-31)6-5-7-30(3)14-24/h1,9-13H,5-8,14-16,25H2,2-3H3,(H,29,32). The molecule has 1 amide bonds. The molecule has 2 aromatic rings. The highest BCUT2D eigenvalue weighted by atomic mass is 16.5. The van der Waals surface area contributed by atoms with Gasteiger partial charge in [0.05, 0.1) is 18.1 Å². The van der Waals surface area contributed by atoms with Gasteiger partial charge in [-0.1, -0.05) is 5.92 Å². The summed E-state index contributed by atoms with van der Waals surface area (Å²) in [5.41, 5.74) is 8.15. The van der Waals surface area contributed by atoms with Crippen LogP contribution in [0, 0.1) is 17.8 Å². The zero-order valence-corrected chi connectivity index (χ0v) is 19.0. The molecule has 1 aromatic carbocycles. The number of aliphatic imine (C=N–C) groups is 1. The number of terminal acetylenes is 1. The number of hydrogen-bond donors (Lipinski definition) is 2. The minimum Gasteiger partial charge on any atom is -0.479 e. The summed E-state index contributed by atoms with van der Waals surface area (Å²) in [4.78, 5) is 30.3. The number of aromatic nitrogens is 2. The molecule has 2 saturated heterocycles. The van der Waals surface area contributed by atoms with E-state index in [9.17, 15) is 4.79 Å². The molecule has 0 atom stereocenters. The summed E-state index contributed by atoms with van der Waals surface area (Å²) in [5, 5.41) is 2.82. The maximum Gasteiger partial charge on any atom is 0.275 e. The van der Waals surface area contributed by atoms with Crippen molar-refractivity contribution in [2.75, 3.05) is 62.8 Å². The van der Waals surface area contributed by atoms with E-state index in [2.05, 4.69) is 43.0 Å². The summed E-state index contributed by atoms with van der Waals surface area (Å²) in [5.74, 6) is 3.17. The Morgan fingerprint density at radius 2 is 2.18 bits per heavy atom. The molecule has 9 nitrogen and oxygen atoms in total. The van der Waals surface area contributed by atoms with Crippen LogP contribution in [-0.4, -0.2) is 73.9 Å². The fraction of sp³-hybridized carbons (Fsp3) is 0.417. The van der Waals surface area contributed by atoms with Crippen molar-refractivity contribution in [3.8, 4) is 18.1 Å². The van der Waals surface area contributed by atoms with Crippen LogP contribution >= 0.6 is 0 Å². The number of nitrogen functional groups attached to an aromatic ring is 1. The minimum absolute atomic E-state index is 0.0468. The number of rotatable bonds is 6. The molecule has 3 N–H and O–H groups in total. The lowest BCUT2D eigenvalue weighted by Gasteiger charge is -2.54. The molecule has 172 valence electrons. The van der Waals surface area contributed by atoms with Gasteiger partial charge in [-0.05, 0) is 32.5 Å². The van der Waals surface area contributed by atoms with Crippen LogP contribution in [0.1, 0.15) is 28.9 Å². The van der Waals surface area contributed by atoms with Gasteiger partial charge in [0.1, 0.15) is 23.9 Å². The maximum atomic E-state index is 12.8. The number of nitrogens with two attached hydrogens (primary N) is 1. The van der Waals surface area contributed by atoms with E-state index in [1.165, 1.54) is 25.6 Å². The van der Waals surface area contributed by atoms with Crippen LogP contribution < -0.4 is 20.7 Å². The van der Waals surface area contributed by atoms with E-state index in [0.717, 1.165) is 25.5 Å². The maximum absolute atomic E-state index is 12.8. The van der Waals surface area contributed by atoms with E-state index >= 15 is 0 Å². The van der Waals surface area contributed by atoms with Crippen molar-refractivity contribution in [2.24, 2.45) is 10.4 Å². The van der Waals surface area contributed by atoms with E-state index in [1.54, 1.807) is 31.6 Å². The smallest absolute Gasteiger partial charge is 0.275 e. The molecule has 1 aromatic heterocycles. The van der Waals surface area contributed by atoms with Crippen LogP contribution in [0.4, 0.5) is 17.2 Å². The number of nitrogens with one attached hydrogen (secondary N) is 1. The first-order valence-electron chi connectivity index (χ1n) is 10.9. The van der Waals surface area contributed by atoms with Crippen LogP contribution in [0.2, 0.25) is 0 Å². The Labute approximate surface area is 194 Å². The zero-order valence-electron chi connectivity index (χ0n) is 19.0. The first-order valence-corrected chi connectivity index (χ1v) is 10.9. The van der Waals surface area contributed by atoms with Crippen molar-refractivity contribution in [1.29, 1.82) is 0 Å². The predicted octanol–water partition coefficient (Wildman–Crippen LogP) is 1.90. The Kier molecular flexibility index (Phi) is 6.47. The molecular weight excluding hydrogens is 418 g/mol. The number of benzene rings is 1. The number of carbonyl (C=O) groups excluding carboxylic acids is 1. The highest BCUT2D eigenvalue weighted by Crippen LogP contribution is 2.40. The number of ether oxygens (including phenoxy) is 1. The number of amides is 1. The Hall–Kier alpha value is -3.64. The predicted molar refractivity (Wildman–Crippen MR) is 130 cm³/mol. The molecule has 0 unspecified atom stereocenters. The third-order valence-electron chi connectivity index (χ3n) is 6.11. The van der Waals surface area contributed by atoms with Gasteiger partial charge in [0.2, 0.25) is 0 Å². The molecule has 2 aliphatic rings. The van der Waals surface area contributed by atoms with Crippen molar-refractivity contribution >= 4 is 29.3 Å². The van der Waals surface area contributed by atoms with E-state index in [-0.39, 0.29) is 12.3 Å². The molecule has 0 saturated carbocycles. The molecule has 2 fully saturated rings. The summed E-state index contributed by atoms with van der Waals surface area (Å²) in [6.07, 6.45) is 12.5. The second-order valence-corrected chi connectivity index (χ2v) is 8.77. The van der Waals surface area contributed by atoms with Gasteiger partial charge < -0.3 is 25.6 Å². The van der Waals surface area contributed by atoms with Gasteiger partial charge in [0.25, 0.3) is 5.91 Å². The molecule has 3 heterocycles. The average Bonchev–Trinajstić information content (AvgIpc) is 2.78. The fourth-order valence-electron chi connectivity index (χ4n) is 4.63. The number of carbonyl (C=O) groups is 1. The second-order valence-electron chi connectivity index (χ2n) is 8.77. The molecule has 1 spiro atoms. The Morgan fingerprint density at radius 3 is 2.85 bits per heavy atom. The normalized spacial score (nSPS) is 17.5. The first-order chi connectivity index (χ1) is 15.9. The van der Waals surface area contributed by atoms with E-state index in [1.807, 2.05) is 0 Å². The summed E-state index contributed by atoms with van der Waals surface area (Å²) in [6.45, 7) is 4.28. The van der Waals surface area contributed by atoms with Gasteiger partial charge in [-0.25, -0.2) is 9.97 Å². The van der Waals surface area contributed by atoms with Crippen molar-refractivity contribution in [1.82, 2.24) is 14.9 Å². The fourth-order valence-corrected chi connectivity index (χ4v) is 4.63. The third-order valence-corrected chi connectivity index (χ3v) is 6.11. The molecule has 2 aliphatic heterocycles. The topological polar surface area (TPSA) is 109 Å². The first kappa shape index (κ1) is 22.6. The van der Waals surface area contributed by atoms with Gasteiger partial charge in [-0.2, -0.15) is 0 Å². The highest BCUT2D eigenvalue weighted by molar-refractivity contribution is 6.04. The summed E-state index contributed by atoms with van der Waals surface area (Å²) >= 11 is 0. The SMILES string of the molecule is C#CCOc1cc(N)c(C=NC)cc1NC(=O)c1cnc(N2CC3(CCCN(C)C3)C2)cn1. The van der Waals surface area contributed by atoms with Crippen molar-refractivity contribution in [2.45, 2.75) is 12.8 Å². The van der Waals surface area contributed by atoms with Gasteiger partial charge in [-0.3, -0.25) is 9.79 Å². The lowest BCUT2D eigenvalue weighted by molar-refractivity contribution is 0.0777. The molecule has 0 radical (unpaired) electrons. The van der Waals surface area contributed by atoms with Crippen LogP contribution in [-0.2, 0) is 0 Å². The van der Waals surface area contributed by atoms with Crippen molar-refractivity contribution in [3.63, 3.8) is 0 Å². The van der Waals surface area contributed by atoms with Crippen LogP contribution in [0.15, 0.2) is 29.5 Å². The van der Waals surface area contributed by atoms with Crippen molar-refractivity contribution < 1.29 is 9.53 Å². The highest BCUT2D eigenvalue weighted by Gasteiger charge is 2.45. The van der Waals surface area contributed by atoms with Gasteiger partial charge >= 0.3 is 0 Å². The lowest BCUT2D eigenvalue weighted by Crippen LogP contribution is -2.62. The van der Waals surface area contributed by atoms with Crippen LogP contribution in [0.3, 0.4) is 0 Å². The lowest BCUT2D eigenvalue weighted by atomic mass is 9.73. The van der Waals surface area contributed by atoms with E-state index in [0.29, 0.717) is 28.1 Å². The molecule has 33 heavy (non-hydrogen) atoms. The Balaban J connectivity index is 1.45. The monoisotopic (exact) mass is 447 g/mol. The number of likely N-dealkylation sites (tertiary alicyclic amines) is 1. The van der Waals surface area contributed by atoms with Crippen molar-refractivity contribution in [3.05, 3.63) is 35.8 Å². The Bertz CT molecular complexity index is 1090. The summed E-state index contributed by atoms with van der Waals surface area (Å²) < 4.78 is 5.55. The number of piperidine rings is 1. The van der Waals surface area contributed by atoms with Gasteiger partial charge in [-0.15, -0.1) is 6.42 Å². The zero-order chi connectivity index (χ0) is 23.4.